The number of benzene rings is 1. The lowest BCUT2D eigenvalue weighted by molar-refractivity contribution is -0.134. The molecule has 2 saturated carbocycles. The molecule has 1 aliphatic heterocycles. The van der Waals surface area contributed by atoms with Gasteiger partial charge in [0.2, 0.25) is 6.43 Å². The number of carbonyl (C=O) groups excluding carboxylic acids is 1. The Labute approximate surface area is 212 Å². The number of hydrogen-bond donors (Lipinski definition) is 1. The lowest BCUT2D eigenvalue weighted by atomic mass is 9.42. The Morgan fingerprint density at radius 3 is 2.31 bits per heavy atom. The summed E-state index contributed by atoms with van der Waals surface area (Å²) in [5.74, 6) is 0.418. The van der Waals surface area contributed by atoms with E-state index in [9.17, 15) is 13.6 Å². The lowest BCUT2D eigenvalue weighted by Gasteiger charge is -2.61. The Balaban J connectivity index is 0.000000287. The fourth-order valence-electron chi connectivity index (χ4n) is 8.08. The van der Waals surface area contributed by atoms with Gasteiger partial charge >= 0.3 is 0 Å². The predicted octanol–water partition coefficient (Wildman–Crippen LogP) is 6.70. The van der Waals surface area contributed by atoms with E-state index < -0.39 is 11.8 Å². The fourth-order valence-corrected chi connectivity index (χ4v) is 8.08. The predicted molar refractivity (Wildman–Crippen MR) is 141 cm³/mol. The SMILES string of the molecule is CCC1(CC(F)F)C(C)CC2(c3ccccc3)CC1CC(C)(C=O)C2.CN1CCC(N)C(C)(C)C1. The van der Waals surface area contributed by atoms with Gasteiger partial charge in [-0.3, -0.25) is 0 Å². The summed E-state index contributed by atoms with van der Waals surface area (Å²) in [5.41, 5.74) is 6.72. The van der Waals surface area contributed by atoms with Crippen LogP contribution in [0.2, 0.25) is 0 Å². The third-order valence-corrected chi connectivity index (χ3v) is 9.95. The zero-order chi connectivity index (χ0) is 26.1. The van der Waals surface area contributed by atoms with Gasteiger partial charge in [0.05, 0.1) is 0 Å². The number of rotatable bonds is 5. The highest BCUT2D eigenvalue weighted by atomic mass is 19.3. The van der Waals surface area contributed by atoms with E-state index in [0.717, 1.165) is 57.9 Å². The molecule has 0 amide bonds. The minimum atomic E-state index is -2.28. The maximum Gasteiger partial charge on any atom is 0.239 e. The third kappa shape index (κ3) is 5.82. The van der Waals surface area contributed by atoms with E-state index in [-0.39, 0.29) is 29.1 Å². The molecule has 0 radical (unpaired) electrons. The van der Waals surface area contributed by atoms with Crippen molar-refractivity contribution in [2.24, 2.45) is 33.8 Å². The molecule has 3 fully saturated rings. The van der Waals surface area contributed by atoms with Crippen molar-refractivity contribution in [2.45, 2.75) is 97.4 Å². The number of nitrogens with zero attached hydrogens (tertiary/aromatic N) is 1. The molecule has 2 aliphatic carbocycles. The van der Waals surface area contributed by atoms with E-state index in [2.05, 4.69) is 63.9 Å². The Kier molecular flexibility index (Phi) is 8.53. The first-order valence-electron chi connectivity index (χ1n) is 13.6. The van der Waals surface area contributed by atoms with E-state index in [1.807, 2.05) is 13.0 Å². The van der Waals surface area contributed by atoms with Gasteiger partial charge in [-0.15, -0.1) is 0 Å². The molecule has 2 bridgehead atoms. The van der Waals surface area contributed by atoms with Gasteiger partial charge in [0.25, 0.3) is 0 Å². The zero-order valence-electron chi connectivity index (χ0n) is 22.8. The molecule has 198 valence electrons. The molecule has 1 saturated heterocycles. The number of nitrogens with two attached hydrogens (primary N) is 1. The summed E-state index contributed by atoms with van der Waals surface area (Å²) in [6.07, 6.45) is 4.11. The van der Waals surface area contributed by atoms with Crippen molar-refractivity contribution in [1.82, 2.24) is 4.90 Å². The molecule has 1 aromatic rings. The molecular weight excluding hydrogens is 442 g/mol. The van der Waals surface area contributed by atoms with Crippen molar-refractivity contribution < 1.29 is 13.6 Å². The second kappa shape index (κ2) is 10.6. The van der Waals surface area contributed by atoms with Crippen LogP contribution in [0.1, 0.15) is 85.1 Å². The average molecular weight is 491 g/mol. The van der Waals surface area contributed by atoms with Gasteiger partial charge < -0.3 is 15.4 Å². The van der Waals surface area contributed by atoms with Crippen LogP contribution in [0.5, 0.6) is 0 Å². The molecule has 6 unspecified atom stereocenters. The average Bonchev–Trinajstić information content (AvgIpc) is 2.79. The number of alkyl halides is 2. The molecule has 2 N–H and O–H groups in total. The van der Waals surface area contributed by atoms with Gasteiger partial charge in [-0.25, -0.2) is 8.78 Å². The van der Waals surface area contributed by atoms with Crippen LogP contribution >= 0.6 is 0 Å². The van der Waals surface area contributed by atoms with Crippen molar-refractivity contribution in [3.8, 4) is 0 Å². The maximum atomic E-state index is 13.5. The summed E-state index contributed by atoms with van der Waals surface area (Å²) < 4.78 is 26.9. The fraction of sp³-hybridized carbons (Fsp3) is 0.767. The van der Waals surface area contributed by atoms with Crippen LogP contribution in [0.15, 0.2) is 30.3 Å². The molecule has 1 aromatic carbocycles. The summed E-state index contributed by atoms with van der Waals surface area (Å²) in [6.45, 7) is 13.0. The lowest BCUT2D eigenvalue weighted by Crippen LogP contribution is -2.56. The van der Waals surface area contributed by atoms with Crippen LogP contribution < -0.4 is 5.73 Å². The number of halogens is 2. The van der Waals surface area contributed by atoms with Gasteiger partial charge in [0.1, 0.15) is 6.29 Å². The van der Waals surface area contributed by atoms with Gasteiger partial charge in [0.15, 0.2) is 0 Å². The number of carbonyl (C=O) groups is 1. The van der Waals surface area contributed by atoms with Gasteiger partial charge in [-0.2, -0.15) is 0 Å². The second-order valence-electron chi connectivity index (χ2n) is 13.1. The monoisotopic (exact) mass is 490 g/mol. The second-order valence-corrected chi connectivity index (χ2v) is 13.1. The summed E-state index contributed by atoms with van der Waals surface area (Å²) >= 11 is 0. The van der Waals surface area contributed by atoms with E-state index in [4.69, 9.17) is 5.73 Å². The van der Waals surface area contributed by atoms with Crippen molar-refractivity contribution in [3.05, 3.63) is 35.9 Å². The molecule has 1 heterocycles. The van der Waals surface area contributed by atoms with Crippen molar-refractivity contribution in [2.75, 3.05) is 20.1 Å². The van der Waals surface area contributed by atoms with Crippen LogP contribution in [0.4, 0.5) is 8.78 Å². The minimum Gasteiger partial charge on any atom is -0.327 e. The molecule has 5 heteroatoms. The largest absolute Gasteiger partial charge is 0.327 e. The van der Waals surface area contributed by atoms with Crippen molar-refractivity contribution in [3.63, 3.8) is 0 Å². The molecule has 4 rings (SSSR count). The molecule has 0 spiro atoms. The van der Waals surface area contributed by atoms with E-state index in [1.54, 1.807) is 0 Å². The summed E-state index contributed by atoms with van der Waals surface area (Å²) in [7, 11) is 2.16. The Morgan fingerprint density at radius 1 is 1.14 bits per heavy atom. The summed E-state index contributed by atoms with van der Waals surface area (Å²) in [6, 6.07) is 10.8. The highest BCUT2D eigenvalue weighted by Crippen LogP contribution is 2.65. The van der Waals surface area contributed by atoms with Crippen LogP contribution in [0.3, 0.4) is 0 Å². The topological polar surface area (TPSA) is 46.3 Å². The summed E-state index contributed by atoms with van der Waals surface area (Å²) in [4.78, 5) is 14.3. The number of aldehydes is 1. The van der Waals surface area contributed by atoms with Crippen LogP contribution in [-0.4, -0.2) is 43.8 Å². The van der Waals surface area contributed by atoms with Crippen molar-refractivity contribution >= 4 is 6.29 Å². The number of likely N-dealkylation sites (tertiary alicyclic amines) is 1. The van der Waals surface area contributed by atoms with Gasteiger partial charge in [-0.05, 0) is 85.8 Å². The highest BCUT2D eigenvalue weighted by Gasteiger charge is 2.59. The van der Waals surface area contributed by atoms with E-state index in [0.29, 0.717) is 11.5 Å². The normalized spacial score (nSPS) is 39.0. The number of fused-ring (bicyclic) bond motifs is 2. The smallest absolute Gasteiger partial charge is 0.239 e. The first-order valence-corrected chi connectivity index (χ1v) is 13.6. The Hall–Kier alpha value is -1.33. The Morgan fingerprint density at radius 2 is 1.80 bits per heavy atom. The molecule has 6 atom stereocenters. The highest BCUT2D eigenvalue weighted by molar-refractivity contribution is 5.60. The first kappa shape index (κ1) is 28.2. The molecule has 3 aliphatic rings. The zero-order valence-corrected chi connectivity index (χ0v) is 22.8. The van der Waals surface area contributed by atoms with Crippen LogP contribution in [0.25, 0.3) is 0 Å². The quantitative estimate of drug-likeness (QED) is 0.467. The summed E-state index contributed by atoms with van der Waals surface area (Å²) in [5, 5.41) is 0. The molecular formula is C30H48F2N2O. The van der Waals surface area contributed by atoms with E-state index in [1.165, 1.54) is 5.56 Å². The number of hydrogen-bond acceptors (Lipinski definition) is 3. The first-order chi connectivity index (χ1) is 16.3. The Bertz CT molecular complexity index is 842. The minimum absolute atomic E-state index is 0.0326. The van der Waals surface area contributed by atoms with E-state index >= 15 is 0 Å². The van der Waals surface area contributed by atoms with Crippen LogP contribution in [-0.2, 0) is 10.2 Å². The number of piperidine rings is 1. The van der Waals surface area contributed by atoms with Crippen molar-refractivity contribution in [1.29, 1.82) is 0 Å². The van der Waals surface area contributed by atoms with Gasteiger partial charge in [0, 0.05) is 24.4 Å². The molecule has 0 aromatic heterocycles. The van der Waals surface area contributed by atoms with Gasteiger partial charge in [-0.1, -0.05) is 65.0 Å². The molecule has 35 heavy (non-hydrogen) atoms. The molecule has 3 nitrogen and oxygen atoms in total. The standard InChI is InChI=1S/C22H30F2O.C8H18N2/c1-4-22(13-19(23)24)16(2)10-21(17-8-6-5-7-9-17)12-18(22)11-20(3,14-21)15-25;1-8(2)6-10(3)5-4-7(8)9/h5-9,15-16,18-19H,4,10-14H2,1-3H3;7H,4-6,9H2,1-3H3. The van der Waals surface area contributed by atoms with Crippen LogP contribution in [0, 0.1) is 28.1 Å². The third-order valence-electron chi connectivity index (χ3n) is 9.95. The maximum absolute atomic E-state index is 13.5.